The van der Waals surface area contributed by atoms with Gasteiger partial charge in [-0.25, -0.2) is 0 Å². The predicted octanol–water partition coefficient (Wildman–Crippen LogP) is 3.06. The van der Waals surface area contributed by atoms with Crippen LogP contribution >= 0.6 is 0 Å². The van der Waals surface area contributed by atoms with Crippen molar-refractivity contribution in [2.45, 2.75) is 56.4 Å². The number of rotatable bonds is 2. The molecule has 26 heavy (non-hydrogen) atoms. The Kier molecular flexibility index (Phi) is 6.82. The van der Waals surface area contributed by atoms with Crippen molar-refractivity contribution < 1.29 is 22.5 Å². The van der Waals surface area contributed by atoms with Crippen LogP contribution in [0.5, 0.6) is 0 Å². The number of carbonyl (C=O) groups is 1. The number of aryl methyl sites for hydroxylation is 1. The van der Waals surface area contributed by atoms with Crippen molar-refractivity contribution in [3.63, 3.8) is 0 Å². The van der Waals surface area contributed by atoms with E-state index in [4.69, 9.17) is 9.29 Å². The second kappa shape index (κ2) is 8.50. The Bertz CT molecular complexity index is 716. The van der Waals surface area contributed by atoms with Crippen molar-refractivity contribution in [2.75, 3.05) is 20.1 Å². The third-order valence-corrected chi connectivity index (χ3v) is 6.13. The van der Waals surface area contributed by atoms with Crippen LogP contribution in [0.25, 0.3) is 0 Å². The highest BCUT2D eigenvalue weighted by Crippen LogP contribution is 2.42. The van der Waals surface area contributed by atoms with Gasteiger partial charge in [-0.05, 0) is 45.4 Å². The smallest absolute Gasteiger partial charge is 0.303 e. The molecule has 0 bridgehead atoms. The minimum Gasteiger partial charge on any atom is -0.459 e. The zero-order valence-corrected chi connectivity index (χ0v) is 16.6. The van der Waals surface area contributed by atoms with Gasteiger partial charge in [-0.3, -0.25) is 9.35 Å². The van der Waals surface area contributed by atoms with E-state index in [0.717, 1.165) is 31.5 Å². The number of piperidine rings is 1. The van der Waals surface area contributed by atoms with Crippen LogP contribution in [-0.4, -0.2) is 49.6 Å². The third-order valence-electron chi connectivity index (χ3n) is 5.26. The van der Waals surface area contributed by atoms with E-state index < -0.39 is 10.1 Å². The van der Waals surface area contributed by atoms with E-state index in [1.54, 1.807) is 19.1 Å². The van der Waals surface area contributed by atoms with Gasteiger partial charge in [0.15, 0.2) is 0 Å². The van der Waals surface area contributed by atoms with Gasteiger partial charge < -0.3 is 9.64 Å². The maximum Gasteiger partial charge on any atom is 0.303 e. The number of hydrogen-bond donors (Lipinski definition) is 1. The first-order valence-corrected chi connectivity index (χ1v) is 10.5. The van der Waals surface area contributed by atoms with Gasteiger partial charge in [0.1, 0.15) is 5.60 Å². The SMILES string of the molecule is CC(=O)OC12CCCCC1CN(C)CC2.Cc1ccc(S(=O)(=O)O)cc1. The van der Waals surface area contributed by atoms with E-state index in [0.29, 0.717) is 5.92 Å². The number of ether oxygens (including phenoxy) is 1. The Morgan fingerprint density at radius 1 is 1.23 bits per heavy atom. The number of esters is 1. The maximum absolute atomic E-state index is 11.2. The minimum atomic E-state index is -4.02. The molecular weight excluding hydrogens is 354 g/mol. The number of fused-ring (bicyclic) bond motifs is 1. The zero-order chi connectivity index (χ0) is 19.4. The molecule has 0 radical (unpaired) electrons. The fourth-order valence-corrected chi connectivity index (χ4v) is 4.38. The van der Waals surface area contributed by atoms with Crippen molar-refractivity contribution in [1.29, 1.82) is 0 Å². The third kappa shape index (κ3) is 5.53. The average molecular weight is 384 g/mol. The number of carbonyl (C=O) groups excluding carboxylic acids is 1. The van der Waals surface area contributed by atoms with Gasteiger partial charge in [0.05, 0.1) is 4.90 Å². The maximum atomic E-state index is 11.2. The van der Waals surface area contributed by atoms with Crippen LogP contribution in [0.1, 0.15) is 44.6 Å². The molecule has 2 aliphatic rings. The Labute approximate surface area is 156 Å². The van der Waals surface area contributed by atoms with E-state index >= 15 is 0 Å². The lowest BCUT2D eigenvalue weighted by Crippen LogP contribution is -2.54. The lowest BCUT2D eigenvalue weighted by Gasteiger charge is -2.48. The van der Waals surface area contributed by atoms with E-state index in [1.807, 2.05) is 6.92 Å². The Balaban J connectivity index is 0.000000197. The van der Waals surface area contributed by atoms with Crippen LogP contribution in [-0.2, 0) is 19.6 Å². The lowest BCUT2D eigenvalue weighted by atomic mass is 9.71. The molecule has 7 heteroatoms. The minimum absolute atomic E-state index is 0.0666. The standard InChI is InChI=1S/C12H21NO2.C7H8O3S/c1-10(14)15-12-6-4-3-5-11(12)9-13(2)8-7-12;1-6-2-4-7(5-3-6)11(8,9)10/h11H,3-9H2,1-2H3;2-5H,1H3,(H,8,9,10). The number of hydrogen-bond acceptors (Lipinski definition) is 5. The van der Waals surface area contributed by atoms with E-state index in [1.165, 1.54) is 31.4 Å². The fraction of sp³-hybridized carbons (Fsp3) is 0.632. The zero-order valence-electron chi connectivity index (χ0n) is 15.8. The molecule has 1 aromatic carbocycles. The second-order valence-electron chi connectivity index (χ2n) is 7.40. The first kappa shape index (κ1) is 20.9. The molecule has 3 rings (SSSR count). The molecule has 1 aliphatic carbocycles. The molecule has 0 aromatic heterocycles. The molecular formula is C19H29NO5S. The molecule has 0 spiro atoms. The average Bonchev–Trinajstić information content (AvgIpc) is 2.55. The van der Waals surface area contributed by atoms with Gasteiger partial charge in [-0.15, -0.1) is 0 Å². The summed E-state index contributed by atoms with van der Waals surface area (Å²) < 4.78 is 35.2. The van der Waals surface area contributed by atoms with Crippen LogP contribution in [0.2, 0.25) is 0 Å². The van der Waals surface area contributed by atoms with Gasteiger partial charge in [0.2, 0.25) is 0 Å². The number of nitrogens with zero attached hydrogens (tertiary/aromatic N) is 1. The van der Waals surface area contributed by atoms with Crippen molar-refractivity contribution in [3.8, 4) is 0 Å². The van der Waals surface area contributed by atoms with Crippen LogP contribution in [0.3, 0.4) is 0 Å². The predicted molar refractivity (Wildman–Crippen MR) is 99.6 cm³/mol. The van der Waals surface area contributed by atoms with E-state index in [2.05, 4.69) is 11.9 Å². The van der Waals surface area contributed by atoms with Gasteiger partial charge >= 0.3 is 5.97 Å². The summed E-state index contributed by atoms with van der Waals surface area (Å²) in [4.78, 5) is 13.5. The monoisotopic (exact) mass is 383 g/mol. The quantitative estimate of drug-likeness (QED) is 0.624. The van der Waals surface area contributed by atoms with Crippen LogP contribution in [0.4, 0.5) is 0 Å². The van der Waals surface area contributed by atoms with Crippen LogP contribution in [0.15, 0.2) is 29.2 Å². The fourth-order valence-electron chi connectivity index (χ4n) is 3.90. The highest BCUT2D eigenvalue weighted by molar-refractivity contribution is 7.85. The highest BCUT2D eigenvalue weighted by atomic mass is 32.2. The van der Waals surface area contributed by atoms with Gasteiger partial charge in [0, 0.05) is 32.4 Å². The van der Waals surface area contributed by atoms with Crippen molar-refractivity contribution >= 4 is 16.1 Å². The summed E-state index contributed by atoms with van der Waals surface area (Å²) >= 11 is 0. The van der Waals surface area contributed by atoms with Gasteiger partial charge in [0.25, 0.3) is 10.1 Å². The Morgan fingerprint density at radius 2 is 1.88 bits per heavy atom. The summed E-state index contributed by atoms with van der Waals surface area (Å²) in [6, 6.07) is 5.99. The normalized spacial score (nSPS) is 26.2. The van der Waals surface area contributed by atoms with Crippen LogP contribution < -0.4 is 0 Å². The summed E-state index contributed by atoms with van der Waals surface area (Å²) in [5.74, 6) is 0.459. The van der Waals surface area contributed by atoms with Crippen molar-refractivity contribution in [2.24, 2.45) is 5.92 Å². The largest absolute Gasteiger partial charge is 0.459 e. The molecule has 1 saturated heterocycles. The molecule has 1 aliphatic heterocycles. The first-order valence-electron chi connectivity index (χ1n) is 9.05. The lowest BCUT2D eigenvalue weighted by molar-refractivity contribution is -0.176. The Morgan fingerprint density at radius 3 is 2.46 bits per heavy atom. The summed E-state index contributed by atoms with van der Waals surface area (Å²) in [5, 5.41) is 0. The number of benzene rings is 1. The molecule has 1 N–H and O–H groups in total. The van der Waals surface area contributed by atoms with Crippen molar-refractivity contribution in [1.82, 2.24) is 4.90 Å². The molecule has 0 amide bonds. The molecule has 2 atom stereocenters. The van der Waals surface area contributed by atoms with Crippen molar-refractivity contribution in [3.05, 3.63) is 29.8 Å². The molecule has 1 aromatic rings. The summed E-state index contributed by atoms with van der Waals surface area (Å²) in [6.07, 6.45) is 5.82. The summed E-state index contributed by atoms with van der Waals surface area (Å²) in [7, 11) is -1.86. The number of likely N-dealkylation sites (tertiary alicyclic amines) is 1. The Hall–Kier alpha value is -1.44. The van der Waals surface area contributed by atoms with E-state index in [9.17, 15) is 13.2 Å². The molecule has 6 nitrogen and oxygen atoms in total. The van der Waals surface area contributed by atoms with Crippen LogP contribution in [0, 0.1) is 12.8 Å². The first-order chi connectivity index (χ1) is 12.1. The molecule has 2 fully saturated rings. The van der Waals surface area contributed by atoms with Gasteiger partial charge in [-0.2, -0.15) is 8.42 Å². The summed E-state index contributed by atoms with van der Waals surface area (Å²) in [5.41, 5.74) is 0.841. The molecule has 2 unspecified atom stereocenters. The highest BCUT2D eigenvalue weighted by Gasteiger charge is 2.46. The topological polar surface area (TPSA) is 83.9 Å². The summed E-state index contributed by atoms with van der Waals surface area (Å²) in [6.45, 7) is 5.53. The molecule has 1 saturated carbocycles. The second-order valence-corrected chi connectivity index (χ2v) is 8.82. The molecule has 146 valence electrons. The van der Waals surface area contributed by atoms with Gasteiger partial charge in [-0.1, -0.05) is 24.1 Å². The molecule has 1 heterocycles. The van der Waals surface area contributed by atoms with E-state index in [-0.39, 0.29) is 16.5 Å².